The van der Waals surface area contributed by atoms with Crippen LogP contribution in [0.2, 0.25) is 0 Å². The SMILES string of the molecule is CNC1CCN(c2ccc(C)cc2)C(C)C1C. The predicted octanol–water partition coefficient (Wildman–Crippen LogP) is 2.82. The molecule has 1 aliphatic heterocycles. The lowest BCUT2D eigenvalue weighted by molar-refractivity contribution is 0.283. The minimum atomic E-state index is 0.601. The monoisotopic (exact) mass is 232 g/mol. The third-order valence-corrected chi connectivity index (χ3v) is 4.30. The summed E-state index contributed by atoms with van der Waals surface area (Å²) in [4.78, 5) is 2.54. The first-order valence-corrected chi connectivity index (χ1v) is 6.64. The standard InChI is InChI=1S/C15H24N2/c1-11-5-7-14(8-6-11)17-10-9-15(16-4)12(2)13(17)3/h5-8,12-13,15-16H,9-10H2,1-4H3. The van der Waals surface area contributed by atoms with E-state index < -0.39 is 0 Å². The number of anilines is 1. The van der Waals surface area contributed by atoms with Gasteiger partial charge in [-0.3, -0.25) is 0 Å². The summed E-state index contributed by atoms with van der Waals surface area (Å²) >= 11 is 0. The van der Waals surface area contributed by atoms with Crippen LogP contribution in [0, 0.1) is 12.8 Å². The maximum atomic E-state index is 3.44. The molecule has 0 aromatic heterocycles. The van der Waals surface area contributed by atoms with Crippen molar-refractivity contribution >= 4 is 5.69 Å². The van der Waals surface area contributed by atoms with Crippen molar-refractivity contribution in [3.05, 3.63) is 29.8 Å². The summed E-state index contributed by atoms with van der Waals surface area (Å²) in [5.74, 6) is 0.690. The van der Waals surface area contributed by atoms with E-state index >= 15 is 0 Å². The fourth-order valence-corrected chi connectivity index (χ4v) is 2.87. The highest BCUT2D eigenvalue weighted by molar-refractivity contribution is 5.49. The highest BCUT2D eigenvalue weighted by Gasteiger charge is 2.31. The number of hydrogen-bond donors (Lipinski definition) is 1. The highest BCUT2D eigenvalue weighted by atomic mass is 15.2. The van der Waals surface area contributed by atoms with Gasteiger partial charge in [0.05, 0.1) is 0 Å². The van der Waals surface area contributed by atoms with Crippen LogP contribution in [0.3, 0.4) is 0 Å². The molecule has 1 aliphatic rings. The van der Waals surface area contributed by atoms with Gasteiger partial charge in [0, 0.05) is 24.3 Å². The van der Waals surface area contributed by atoms with Crippen molar-refractivity contribution < 1.29 is 0 Å². The first-order valence-electron chi connectivity index (χ1n) is 6.64. The average molecular weight is 232 g/mol. The Hall–Kier alpha value is -1.02. The number of piperidine rings is 1. The van der Waals surface area contributed by atoms with Gasteiger partial charge < -0.3 is 10.2 Å². The Bertz CT molecular complexity index is 358. The highest BCUT2D eigenvalue weighted by Crippen LogP contribution is 2.28. The molecule has 1 fully saturated rings. The summed E-state index contributed by atoms with van der Waals surface area (Å²) in [6.07, 6.45) is 1.23. The van der Waals surface area contributed by atoms with Gasteiger partial charge in [-0.1, -0.05) is 24.6 Å². The van der Waals surface area contributed by atoms with Gasteiger partial charge in [0.2, 0.25) is 0 Å². The second-order valence-electron chi connectivity index (χ2n) is 5.31. The van der Waals surface area contributed by atoms with Gasteiger partial charge in [-0.2, -0.15) is 0 Å². The van der Waals surface area contributed by atoms with Crippen molar-refractivity contribution in [3.63, 3.8) is 0 Å². The molecule has 2 nitrogen and oxygen atoms in total. The maximum absolute atomic E-state index is 3.44. The number of nitrogens with one attached hydrogen (secondary N) is 1. The van der Waals surface area contributed by atoms with Crippen LogP contribution in [0.5, 0.6) is 0 Å². The Morgan fingerprint density at radius 2 is 1.82 bits per heavy atom. The molecular weight excluding hydrogens is 208 g/mol. The molecular formula is C15H24N2. The lowest BCUT2D eigenvalue weighted by atomic mass is 9.87. The number of aryl methyl sites for hydroxylation is 1. The van der Waals surface area contributed by atoms with Crippen molar-refractivity contribution in [2.75, 3.05) is 18.5 Å². The Kier molecular flexibility index (Phi) is 3.72. The van der Waals surface area contributed by atoms with Gasteiger partial charge in [-0.25, -0.2) is 0 Å². The first-order chi connectivity index (χ1) is 8.13. The molecule has 1 heterocycles. The van der Waals surface area contributed by atoms with E-state index in [1.54, 1.807) is 0 Å². The van der Waals surface area contributed by atoms with Crippen molar-refractivity contribution in [2.45, 2.75) is 39.3 Å². The molecule has 0 radical (unpaired) electrons. The predicted molar refractivity (Wildman–Crippen MR) is 74.6 cm³/mol. The van der Waals surface area contributed by atoms with Crippen LogP contribution in [0.15, 0.2) is 24.3 Å². The van der Waals surface area contributed by atoms with Gasteiger partial charge in [-0.05, 0) is 45.4 Å². The molecule has 1 N–H and O–H groups in total. The molecule has 0 aliphatic carbocycles. The second kappa shape index (κ2) is 5.09. The van der Waals surface area contributed by atoms with E-state index in [0.717, 1.165) is 6.54 Å². The molecule has 0 bridgehead atoms. The van der Waals surface area contributed by atoms with E-state index in [0.29, 0.717) is 18.0 Å². The minimum Gasteiger partial charge on any atom is -0.368 e. The third-order valence-electron chi connectivity index (χ3n) is 4.30. The maximum Gasteiger partial charge on any atom is 0.0368 e. The molecule has 0 amide bonds. The fraction of sp³-hybridized carbons (Fsp3) is 0.600. The van der Waals surface area contributed by atoms with E-state index in [2.05, 4.69) is 62.3 Å². The third kappa shape index (κ3) is 2.47. The van der Waals surface area contributed by atoms with Crippen molar-refractivity contribution in [2.24, 2.45) is 5.92 Å². The van der Waals surface area contributed by atoms with Crippen LogP contribution in [-0.4, -0.2) is 25.7 Å². The summed E-state index contributed by atoms with van der Waals surface area (Å²) in [6.45, 7) is 7.99. The Morgan fingerprint density at radius 1 is 1.18 bits per heavy atom. The van der Waals surface area contributed by atoms with E-state index in [4.69, 9.17) is 0 Å². The van der Waals surface area contributed by atoms with Crippen molar-refractivity contribution in [3.8, 4) is 0 Å². The van der Waals surface area contributed by atoms with Crippen LogP contribution in [0.25, 0.3) is 0 Å². The zero-order valence-corrected chi connectivity index (χ0v) is 11.4. The molecule has 2 heteroatoms. The van der Waals surface area contributed by atoms with Gasteiger partial charge in [0.25, 0.3) is 0 Å². The van der Waals surface area contributed by atoms with Crippen LogP contribution >= 0.6 is 0 Å². The number of nitrogens with zero attached hydrogens (tertiary/aromatic N) is 1. The molecule has 1 aromatic rings. The van der Waals surface area contributed by atoms with E-state index in [1.165, 1.54) is 17.7 Å². The second-order valence-corrected chi connectivity index (χ2v) is 5.31. The minimum absolute atomic E-state index is 0.601. The van der Waals surface area contributed by atoms with E-state index in [1.807, 2.05) is 0 Å². The quantitative estimate of drug-likeness (QED) is 0.843. The van der Waals surface area contributed by atoms with Gasteiger partial charge in [0.1, 0.15) is 0 Å². The van der Waals surface area contributed by atoms with Crippen LogP contribution < -0.4 is 10.2 Å². The van der Waals surface area contributed by atoms with Gasteiger partial charge >= 0.3 is 0 Å². The molecule has 1 saturated heterocycles. The Morgan fingerprint density at radius 3 is 2.41 bits per heavy atom. The fourth-order valence-electron chi connectivity index (χ4n) is 2.87. The lowest BCUT2D eigenvalue weighted by Crippen LogP contribution is -2.52. The number of benzene rings is 1. The van der Waals surface area contributed by atoms with Gasteiger partial charge in [-0.15, -0.1) is 0 Å². The molecule has 0 saturated carbocycles. The number of hydrogen-bond acceptors (Lipinski definition) is 2. The topological polar surface area (TPSA) is 15.3 Å². The first kappa shape index (κ1) is 12.4. The smallest absolute Gasteiger partial charge is 0.0368 e. The number of rotatable bonds is 2. The van der Waals surface area contributed by atoms with Crippen LogP contribution in [0.1, 0.15) is 25.8 Å². The summed E-state index contributed by atoms with van der Waals surface area (Å²) < 4.78 is 0. The summed E-state index contributed by atoms with van der Waals surface area (Å²) in [5, 5.41) is 3.44. The van der Waals surface area contributed by atoms with E-state index in [9.17, 15) is 0 Å². The Labute approximate surface area is 105 Å². The Balaban J connectivity index is 2.15. The summed E-state index contributed by atoms with van der Waals surface area (Å²) in [7, 11) is 2.08. The zero-order chi connectivity index (χ0) is 12.4. The molecule has 94 valence electrons. The largest absolute Gasteiger partial charge is 0.368 e. The normalized spacial score (nSPS) is 29.4. The van der Waals surface area contributed by atoms with Crippen molar-refractivity contribution in [1.29, 1.82) is 0 Å². The molecule has 3 atom stereocenters. The average Bonchev–Trinajstić information content (AvgIpc) is 2.34. The van der Waals surface area contributed by atoms with E-state index in [-0.39, 0.29) is 0 Å². The molecule has 1 aromatic carbocycles. The molecule has 17 heavy (non-hydrogen) atoms. The van der Waals surface area contributed by atoms with Crippen LogP contribution in [-0.2, 0) is 0 Å². The lowest BCUT2D eigenvalue weighted by Gasteiger charge is -2.44. The summed E-state index contributed by atoms with van der Waals surface area (Å²) in [5.41, 5.74) is 2.70. The van der Waals surface area contributed by atoms with Crippen LogP contribution in [0.4, 0.5) is 5.69 Å². The van der Waals surface area contributed by atoms with Gasteiger partial charge in [0.15, 0.2) is 0 Å². The molecule has 0 spiro atoms. The molecule has 3 unspecified atom stereocenters. The zero-order valence-electron chi connectivity index (χ0n) is 11.4. The molecule has 2 rings (SSSR count). The summed E-state index contributed by atoms with van der Waals surface area (Å²) in [6, 6.07) is 10.2. The van der Waals surface area contributed by atoms with Crippen molar-refractivity contribution in [1.82, 2.24) is 5.32 Å².